The molecule has 0 bridgehead atoms. The minimum atomic E-state index is -1.24. The minimum Gasteiger partial charge on any atom is -0.497 e. The molecule has 0 aliphatic rings. The highest BCUT2D eigenvalue weighted by molar-refractivity contribution is 5.96. The lowest BCUT2D eigenvalue weighted by Gasteiger charge is -2.10. The van der Waals surface area contributed by atoms with Crippen molar-refractivity contribution < 1.29 is 19.6 Å². The molecule has 0 spiro atoms. The second kappa shape index (κ2) is 5.91. The summed E-state index contributed by atoms with van der Waals surface area (Å²) in [6.07, 6.45) is 0. The molecule has 0 aliphatic heterocycles. The Balaban J connectivity index is 2.34. The summed E-state index contributed by atoms with van der Waals surface area (Å²) in [5.74, 6) is -0.572. The monoisotopic (exact) mass is 288 g/mol. The lowest BCUT2D eigenvalue weighted by atomic mass is 10.1. The molecule has 108 valence electrons. The van der Waals surface area contributed by atoms with E-state index in [1.165, 1.54) is 12.1 Å². The van der Waals surface area contributed by atoms with Crippen LogP contribution < -0.4 is 10.1 Å². The van der Waals surface area contributed by atoms with Crippen LogP contribution in [0.5, 0.6) is 5.75 Å². The molecule has 0 saturated heterocycles. The van der Waals surface area contributed by atoms with Crippen LogP contribution in [0, 0.1) is 10.1 Å². The summed E-state index contributed by atoms with van der Waals surface area (Å²) in [4.78, 5) is 21.3. The van der Waals surface area contributed by atoms with E-state index in [4.69, 9.17) is 9.84 Å². The van der Waals surface area contributed by atoms with Crippen LogP contribution in [0.4, 0.5) is 17.1 Å². The maximum Gasteiger partial charge on any atom is 0.338 e. The van der Waals surface area contributed by atoms with Crippen molar-refractivity contribution in [3.63, 3.8) is 0 Å². The third kappa shape index (κ3) is 3.27. The summed E-state index contributed by atoms with van der Waals surface area (Å²) >= 11 is 0. The molecule has 0 radical (unpaired) electrons. The van der Waals surface area contributed by atoms with Gasteiger partial charge in [0.05, 0.1) is 23.3 Å². The number of nitro benzene ring substituents is 1. The lowest BCUT2D eigenvalue weighted by Crippen LogP contribution is -2.04. The summed E-state index contributed by atoms with van der Waals surface area (Å²) in [7, 11) is 1.54. The van der Waals surface area contributed by atoms with Gasteiger partial charge in [0.2, 0.25) is 0 Å². The first-order valence-corrected chi connectivity index (χ1v) is 5.94. The summed E-state index contributed by atoms with van der Waals surface area (Å²) in [5.41, 5.74) is 0.484. The summed E-state index contributed by atoms with van der Waals surface area (Å²) in [6, 6.07) is 10.5. The van der Waals surface area contributed by atoms with E-state index in [1.54, 1.807) is 31.4 Å². The van der Waals surface area contributed by atoms with Gasteiger partial charge in [0.1, 0.15) is 5.75 Å². The number of anilines is 2. The van der Waals surface area contributed by atoms with Gasteiger partial charge in [-0.2, -0.15) is 0 Å². The van der Waals surface area contributed by atoms with Crippen LogP contribution >= 0.6 is 0 Å². The van der Waals surface area contributed by atoms with E-state index in [-0.39, 0.29) is 16.9 Å². The number of carbonyl (C=O) groups is 1. The summed E-state index contributed by atoms with van der Waals surface area (Å²) in [6.45, 7) is 0. The van der Waals surface area contributed by atoms with Crippen molar-refractivity contribution in [3.8, 4) is 5.75 Å². The highest BCUT2D eigenvalue weighted by Gasteiger charge is 2.16. The zero-order valence-electron chi connectivity index (χ0n) is 11.1. The number of aromatic carboxylic acids is 1. The number of ether oxygens (including phenoxy) is 1. The first kappa shape index (κ1) is 14.3. The van der Waals surface area contributed by atoms with Crippen LogP contribution in [0.2, 0.25) is 0 Å². The molecule has 0 aliphatic carbocycles. The van der Waals surface area contributed by atoms with E-state index in [0.717, 1.165) is 6.07 Å². The Hall–Kier alpha value is -3.09. The average molecular weight is 288 g/mol. The molecule has 0 aromatic heterocycles. The quantitative estimate of drug-likeness (QED) is 0.647. The van der Waals surface area contributed by atoms with Crippen molar-refractivity contribution in [2.24, 2.45) is 0 Å². The largest absolute Gasteiger partial charge is 0.497 e. The Labute approximate surface area is 119 Å². The standard InChI is InChI=1S/C14H12N2O5/c1-21-11-5-2-9(3-6-11)15-13-7-4-10(16(19)20)8-12(13)14(17)18/h2-8,15H,1H3,(H,17,18). The summed E-state index contributed by atoms with van der Waals surface area (Å²) in [5, 5.41) is 22.8. The molecule has 7 nitrogen and oxygen atoms in total. The fraction of sp³-hybridized carbons (Fsp3) is 0.0714. The van der Waals surface area contributed by atoms with E-state index in [9.17, 15) is 14.9 Å². The SMILES string of the molecule is COc1ccc(Nc2ccc([N+](=O)[O-])cc2C(=O)O)cc1. The maximum atomic E-state index is 11.2. The van der Waals surface area contributed by atoms with Crippen molar-refractivity contribution in [2.75, 3.05) is 12.4 Å². The van der Waals surface area contributed by atoms with Gasteiger partial charge in [0.15, 0.2) is 0 Å². The second-order valence-corrected chi connectivity index (χ2v) is 4.15. The Morgan fingerprint density at radius 2 is 1.90 bits per heavy atom. The van der Waals surface area contributed by atoms with Crippen molar-refractivity contribution in [1.29, 1.82) is 0 Å². The smallest absolute Gasteiger partial charge is 0.338 e. The molecule has 0 atom stereocenters. The van der Waals surface area contributed by atoms with Crippen LogP contribution in [-0.2, 0) is 0 Å². The third-order valence-electron chi connectivity index (χ3n) is 2.81. The van der Waals surface area contributed by atoms with Crippen LogP contribution in [0.25, 0.3) is 0 Å². The second-order valence-electron chi connectivity index (χ2n) is 4.15. The number of nitro groups is 1. The number of hydrogen-bond donors (Lipinski definition) is 2. The lowest BCUT2D eigenvalue weighted by molar-refractivity contribution is -0.384. The van der Waals surface area contributed by atoms with Gasteiger partial charge in [0, 0.05) is 17.8 Å². The number of carboxylic acid groups (broad SMARTS) is 1. The number of carboxylic acids is 1. The molecule has 2 aromatic rings. The number of non-ortho nitro benzene ring substituents is 1. The molecule has 0 saturated carbocycles. The number of benzene rings is 2. The van der Waals surface area contributed by atoms with Crippen LogP contribution in [0.15, 0.2) is 42.5 Å². The molecule has 0 heterocycles. The van der Waals surface area contributed by atoms with E-state index in [1.807, 2.05) is 0 Å². The van der Waals surface area contributed by atoms with Gasteiger partial charge < -0.3 is 15.2 Å². The first-order valence-electron chi connectivity index (χ1n) is 5.94. The molecule has 2 aromatic carbocycles. The molecular formula is C14H12N2O5. The van der Waals surface area contributed by atoms with E-state index < -0.39 is 10.9 Å². The van der Waals surface area contributed by atoms with Gasteiger partial charge in [-0.05, 0) is 30.3 Å². The van der Waals surface area contributed by atoms with Gasteiger partial charge in [-0.25, -0.2) is 4.79 Å². The zero-order valence-corrected chi connectivity index (χ0v) is 11.1. The van der Waals surface area contributed by atoms with E-state index in [2.05, 4.69) is 5.32 Å². The Morgan fingerprint density at radius 1 is 1.24 bits per heavy atom. The Kier molecular flexibility index (Phi) is 4.03. The average Bonchev–Trinajstić information content (AvgIpc) is 2.48. The maximum absolute atomic E-state index is 11.2. The number of nitrogens with one attached hydrogen (secondary N) is 1. The number of rotatable bonds is 5. The zero-order chi connectivity index (χ0) is 15.4. The molecule has 0 unspecified atom stereocenters. The van der Waals surface area contributed by atoms with Gasteiger partial charge in [0.25, 0.3) is 5.69 Å². The van der Waals surface area contributed by atoms with Gasteiger partial charge in [-0.3, -0.25) is 10.1 Å². The molecule has 2 rings (SSSR count). The van der Waals surface area contributed by atoms with Crippen LogP contribution in [0.3, 0.4) is 0 Å². The van der Waals surface area contributed by atoms with Crippen molar-refractivity contribution in [3.05, 3.63) is 58.1 Å². The minimum absolute atomic E-state index is 0.167. The molecule has 0 amide bonds. The Bertz CT molecular complexity index is 682. The predicted octanol–water partition coefficient (Wildman–Crippen LogP) is 3.05. The molecule has 2 N–H and O–H groups in total. The first-order chi connectivity index (χ1) is 10.0. The van der Waals surface area contributed by atoms with Crippen LogP contribution in [0.1, 0.15) is 10.4 Å². The fourth-order valence-corrected chi connectivity index (χ4v) is 1.76. The van der Waals surface area contributed by atoms with Crippen molar-refractivity contribution in [1.82, 2.24) is 0 Å². The van der Waals surface area contributed by atoms with E-state index in [0.29, 0.717) is 11.4 Å². The van der Waals surface area contributed by atoms with Crippen molar-refractivity contribution >= 4 is 23.0 Å². The molecule has 7 heteroatoms. The molecule has 0 fully saturated rings. The number of nitrogens with zero attached hydrogens (tertiary/aromatic N) is 1. The molecule has 21 heavy (non-hydrogen) atoms. The fourth-order valence-electron chi connectivity index (χ4n) is 1.76. The van der Waals surface area contributed by atoms with Gasteiger partial charge in [-0.15, -0.1) is 0 Å². The van der Waals surface area contributed by atoms with Gasteiger partial charge >= 0.3 is 5.97 Å². The van der Waals surface area contributed by atoms with Crippen LogP contribution in [-0.4, -0.2) is 23.1 Å². The predicted molar refractivity (Wildman–Crippen MR) is 76.3 cm³/mol. The summed E-state index contributed by atoms with van der Waals surface area (Å²) < 4.78 is 5.03. The highest BCUT2D eigenvalue weighted by Crippen LogP contribution is 2.26. The Morgan fingerprint density at radius 3 is 2.43 bits per heavy atom. The van der Waals surface area contributed by atoms with E-state index >= 15 is 0 Å². The van der Waals surface area contributed by atoms with Gasteiger partial charge in [-0.1, -0.05) is 0 Å². The highest BCUT2D eigenvalue weighted by atomic mass is 16.6. The molecular weight excluding hydrogens is 276 g/mol. The number of methoxy groups -OCH3 is 1. The number of hydrogen-bond acceptors (Lipinski definition) is 5. The normalized spacial score (nSPS) is 9.95. The third-order valence-corrected chi connectivity index (χ3v) is 2.81. The topological polar surface area (TPSA) is 102 Å². The van der Waals surface area contributed by atoms with Crippen molar-refractivity contribution in [2.45, 2.75) is 0 Å².